The molecule has 112 valence electrons. The summed E-state index contributed by atoms with van der Waals surface area (Å²) in [6.45, 7) is 0. The van der Waals surface area contributed by atoms with Gasteiger partial charge in [-0.05, 0) is 22.1 Å². The Morgan fingerprint density at radius 1 is 0.826 bits per heavy atom. The molecule has 2 amide bonds. The first-order valence-corrected chi connectivity index (χ1v) is 6.89. The van der Waals surface area contributed by atoms with Crippen molar-refractivity contribution in [3.63, 3.8) is 0 Å². The summed E-state index contributed by atoms with van der Waals surface area (Å²) in [5, 5.41) is 18.1. The first kappa shape index (κ1) is 13.2. The van der Waals surface area contributed by atoms with E-state index in [1.807, 2.05) is 24.3 Å². The normalized spacial score (nSPS) is 14.6. The van der Waals surface area contributed by atoms with Crippen molar-refractivity contribution in [3.8, 4) is 0 Å². The lowest BCUT2D eigenvalue weighted by molar-refractivity contribution is -0.597. The average molecular weight is 306 g/mol. The van der Waals surface area contributed by atoms with Crippen LogP contribution < -0.4 is 0 Å². The predicted octanol–water partition coefficient (Wildman–Crippen LogP) is 2.58. The second-order valence-corrected chi connectivity index (χ2v) is 5.08. The summed E-state index contributed by atoms with van der Waals surface area (Å²) in [5.74, 6) is -1.22. The number of rotatable bonds is 2. The van der Waals surface area contributed by atoms with Crippen LogP contribution in [0.2, 0.25) is 0 Å². The summed E-state index contributed by atoms with van der Waals surface area (Å²) in [6.07, 6.45) is 3.15. The molecule has 0 saturated heterocycles. The zero-order chi connectivity index (χ0) is 16.0. The van der Waals surface area contributed by atoms with Gasteiger partial charge in [-0.15, -0.1) is 0 Å². The van der Waals surface area contributed by atoms with E-state index < -0.39 is 11.8 Å². The molecule has 0 bridgehead atoms. The Hall–Kier alpha value is -3.48. The topological polar surface area (TPSA) is 80.7 Å². The Balaban J connectivity index is 1.73. The first-order chi connectivity index (χ1) is 11.1. The van der Waals surface area contributed by atoms with Crippen LogP contribution in [0.4, 0.5) is 0 Å². The summed E-state index contributed by atoms with van der Waals surface area (Å²) in [6, 6.07) is 13.8. The molecule has 1 aromatic heterocycles. The number of carbonyl (C=O) groups is 2. The van der Waals surface area contributed by atoms with E-state index in [0.717, 1.165) is 10.8 Å². The van der Waals surface area contributed by atoms with E-state index in [9.17, 15) is 14.8 Å². The van der Waals surface area contributed by atoms with Crippen molar-refractivity contribution in [3.05, 3.63) is 77.3 Å². The summed E-state index contributed by atoms with van der Waals surface area (Å²) in [5.41, 5.74) is 0.486. The van der Waals surface area contributed by atoms with Gasteiger partial charge in [-0.2, -0.15) is 4.68 Å². The fourth-order valence-electron chi connectivity index (χ4n) is 2.55. The number of hydrogen-bond donors (Lipinski definition) is 0. The third kappa shape index (κ3) is 1.98. The minimum absolute atomic E-state index is 0.210. The van der Waals surface area contributed by atoms with Crippen molar-refractivity contribution >= 4 is 22.6 Å². The quantitative estimate of drug-likeness (QED) is 0.316. The Morgan fingerprint density at radius 2 is 1.30 bits per heavy atom. The van der Waals surface area contributed by atoms with Crippen LogP contribution >= 0.6 is 0 Å². The van der Waals surface area contributed by atoms with E-state index in [1.54, 1.807) is 24.5 Å². The average Bonchev–Trinajstić information content (AvgIpc) is 3.11. The van der Waals surface area contributed by atoms with Crippen LogP contribution in [0.5, 0.6) is 0 Å². The van der Waals surface area contributed by atoms with Gasteiger partial charge in [-0.1, -0.05) is 36.4 Å². The van der Waals surface area contributed by atoms with E-state index in [0.29, 0.717) is 5.01 Å². The van der Waals surface area contributed by atoms with Crippen molar-refractivity contribution < 1.29 is 14.6 Å². The van der Waals surface area contributed by atoms with Gasteiger partial charge in [0.25, 0.3) is 0 Å². The monoisotopic (exact) mass is 306 g/mol. The number of imide groups is 1. The lowest BCUT2D eigenvalue weighted by atomic mass is 10.1. The molecule has 0 N–H and O–H groups in total. The largest absolute Gasteiger partial charge is 0.672 e. The van der Waals surface area contributed by atoms with Gasteiger partial charge >= 0.3 is 11.8 Å². The van der Waals surface area contributed by atoms with Crippen LogP contribution in [0.15, 0.2) is 66.1 Å². The zero-order valence-electron chi connectivity index (χ0n) is 11.8. The second-order valence-electron chi connectivity index (χ2n) is 5.08. The number of amides is 2. The molecular formula is C16H10N4O3. The molecule has 4 rings (SSSR count). The number of aromatic nitrogens is 1. The van der Waals surface area contributed by atoms with Crippen LogP contribution in [0, 0.1) is 5.21 Å². The Morgan fingerprint density at radius 3 is 1.83 bits per heavy atom. The van der Waals surface area contributed by atoms with Gasteiger partial charge in [-0.3, -0.25) is 0 Å². The molecule has 1 aliphatic rings. The van der Waals surface area contributed by atoms with Gasteiger partial charge in [0.15, 0.2) is 0 Å². The van der Waals surface area contributed by atoms with E-state index in [-0.39, 0.29) is 16.1 Å². The molecule has 0 unspecified atom stereocenters. The number of fused-ring (bicyclic) bond motifs is 2. The molecule has 0 atom stereocenters. The zero-order valence-corrected chi connectivity index (χ0v) is 11.8. The molecule has 0 saturated carbocycles. The molecule has 2 aromatic carbocycles. The summed E-state index contributed by atoms with van der Waals surface area (Å²) >= 11 is 0. The fraction of sp³-hybridized carbons (Fsp3) is 0. The van der Waals surface area contributed by atoms with Crippen LogP contribution in [-0.2, 0) is 0 Å². The van der Waals surface area contributed by atoms with Crippen LogP contribution in [0.1, 0.15) is 20.7 Å². The molecule has 23 heavy (non-hydrogen) atoms. The lowest BCUT2D eigenvalue weighted by Crippen LogP contribution is -2.27. The number of carbonyl (C=O) groups excluding carboxylic acids is 2. The number of nitrogens with zero attached hydrogens (tertiary/aromatic N) is 4. The maximum absolute atomic E-state index is 12.2. The SMILES string of the molecule is O=C1c2ccccc2C(=O)N1/N=[N+](\[O-])n1cc2ccccc2c1. The Bertz CT molecular complexity index is 922. The minimum atomic E-state index is -0.608. The predicted molar refractivity (Wildman–Crippen MR) is 80.3 cm³/mol. The highest BCUT2D eigenvalue weighted by Crippen LogP contribution is 2.23. The molecule has 7 heteroatoms. The van der Waals surface area contributed by atoms with Crippen LogP contribution in [0.3, 0.4) is 0 Å². The molecular weight excluding hydrogens is 296 g/mol. The van der Waals surface area contributed by atoms with E-state index in [1.165, 1.54) is 16.8 Å². The summed E-state index contributed by atoms with van der Waals surface area (Å²) in [4.78, 5) is 24.6. The van der Waals surface area contributed by atoms with E-state index >= 15 is 0 Å². The van der Waals surface area contributed by atoms with Gasteiger partial charge < -0.3 is 5.21 Å². The summed E-state index contributed by atoms with van der Waals surface area (Å²) < 4.78 is 1.17. The number of benzene rings is 2. The maximum Gasteiger partial charge on any atom is 0.370 e. The molecule has 7 nitrogen and oxygen atoms in total. The highest BCUT2D eigenvalue weighted by molar-refractivity contribution is 6.20. The van der Waals surface area contributed by atoms with E-state index in [4.69, 9.17) is 0 Å². The third-order valence-corrected chi connectivity index (χ3v) is 3.67. The highest BCUT2D eigenvalue weighted by atomic mass is 16.5. The van der Waals surface area contributed by atoms with Gasteiger partial charge in [0.2, 0.25) is 0 Å². The van der Waals surface area contributed by atoms with Crippen molar-refractivity contribution in [2.45, 2.75) is 0 Å². The van der Waals surface area contributed by atoms with E-state index in [2.05, 4.69) is 5.22 Å². The second kappa shape index (κ2) is 4.77. The van der Waals surface area contributed by atoms with Crippen molar-refractivity contribution in [2.75, 3.05) is 0 Å². The fourth-order valence-corrected chi connectivity index (χ4v) is 2.55. The molecule has 2 heterocycles. The standard InChI is InChI=1S/C16H10N4O3/c21-15-13-7-3-4-8-14(13)16(22)19(15)17-20(23)18-9-11-5-1-2-6-12(11)10-18/h1-10H/b20-17-. The van der Waals surface area contributed by atoms with Crippen LogP contribution in [-0.4, -0.2) is 26.5 Å². The van der Waals surface area contributed by atoms with Crippen molar-refractivity contribution in [1.82, 2.24) is 9.69 Å². The first-order valence-electron chi connectivity index (χ1n) is 6.89. The molecule has 3 aromatic rings. The third-order valence-electron chi connectivity index (χ3n) is 3.67. The van der Waals surface area contributed by atoms with Gasteiger partial charge in [0, 0.05) is 10.8 Å². The summed E-state index contributed by atoms with van der Waals surface area (Å²) in [7, 11) is 0. The molecule has 1 aliphatic heterocycles. The Labute approximate surface area is 130 Å². The van der Waals surface area contributed by atoms with Gasteiger partial charge in [0.1, 0.15) is 5.22 Å². The Kier molecular flexibility index (Phi) is 2.74. The van der Waals surface area contributed by atoms with Crippen LogP contribution in [0.25, 0.3) is 10.8 Å². The lowest BCUT2D eigenvalue weighted by Gasteiger charge is -2.06. The molecule has 0 aliphatic carbocycles. The smallest absolute Gasteiger partial charge is 0.370 e. The maximum atomic E-state index is 12.2. The molecule has 0 radical (unpaired) electrons. The van der Waals surface area contributed by atoms with Crippen molar-refractivity contribution in [1.29, 1.82) is 0 Å². The van der Waals surface area contributed by atoms with Gasteiger partial charge in [0.05, 0.1) is 23.5 Å². The number of hydrogen-bond acceptors (Lipinski definition) is 4. The molecule has 0 spiro atoms. The minimum Gasteiger partial charge on any atom is -0.672 e. The highest BCUT2D eigenvalue weighted by Gasteiger charge is 2.43. The molecule has 0 fully saturated rings. The van der Waals surface area contributed by atoms with Gasteiger partial charge in [-0.25, -0.2) is 9.59 Å². The van der Waals surface area contributed by atoms with Crippen molar-refractivity contribution in [2.24, 2.45) is 5.22 Å².